The molecule has 4 nitrogen and oxygen atoms in total. The van der Waals surface area contributed by atoms with Crippen molar-refractivity contribution in [3.05, 3.63) is 0 Å². The van der Waals surface area contributed by atoms with E-state index in [4.69, 9.17) is 5.73 Å². The van der Waals surface area contributed by atoms with Crippen molar-refractivity contribution in [2.24, 2.45) is 17.6 Å². The van der Waals surface area contributed by atoms with E-state index in [-0.39, 0.29) is 36.8 Å². The predicted octanol–water partition coefficient (Wildman–Crippen LogP) is 1.37. The van der Waals surface area contributed by atoms with E-state index in [0.29, 0.717) is 5.92 Å². The Bertz CT molecular complexity index is 285. The van der Waals surface area contributed by atoms with Crippen LogP contribution in [-0.4, -0.2) is 55.0 Å². The first-order valence-electron chi connectivity index (χ1n) is 6.79. The molecule has 2 rings (SSSR count). The molecule has 114 valence electrons. The van der Waals surface area contributed by atoms with Gasteiger partial charge < -0.3 is 15.5 Å². The Morgan fingerprint density at radius 1 is 1.26 bits per heavy atom. The minimum Gasteiger partial charge on any atom is -0.341 e. The summed E-state index contributed by atoms with van der Waals surface area (Å²) in [6, 6.07) is -0.349. The molecule has 0 aromatic carbocycles. The Morgan fingerprint density at radius 2 is 1.84 bits per heavy atom. The van der Waals surface area contributed by atoms with Crippen LogP contribution in [0.25, 0.3) is 0 Å². The van der Waals surface area contributed by atoms with Gasteiger partial charge in [0.1, 0.15) is 0 Å². The summed E-state index contributed by atoms with van der Waals surface area (Å²) in [7, 11) is 2.20. The third-order valence-electron chi connectivity index (χ3n) is 3.82. The molecule has 2 aliphatic rings. The molecule has 0 bridgehead atoms. The van der Waals surface area contributed by atoms with Crippen LogP contribution in [0.3, 0.4) is 0 Å². The zero-order chi connectivity index (χ0) is 12.4. The molecule has 0 aromatic heterocycles. The summed E-state index contributed by atoms with van der Waals surface area (Å²) < 4.78 is 0. The average molecular weight is 312 g/mol. The highest BCUT2D eigenvalue weighted by Crippen LogP contribution is 2.29. The van der Waals surface area contributed by atoms with E-state index in [1.807, 2.05) is 4.90 Å². The maximum absolute atomic E-state index is 11.8. The number of amides is 1. The lowest BCUT2D eigenvalue weighted by molar-refractivity contribution is -0.131. The zero-order valence-corrected chi connectivity index (χ0v) is 13.5. The maximum Gasteiger partial charge on any atom is 0.239 e. The van der Waals surface area contributed by atoms with E-state index in [9.17, 15) is 4.79 Å². The predicted molar refractivity (Wildman–Crippen MR) is 83.1 cm³/mol. The van der Waals surface area contributed by atoms with E-state index in [1.54, 1.807) is 6.92 Å². The zero-order valence-electron chi connectivity index (χ0n) is 11.9. The number of likely N-dealkylation sites (tertiary alicyclic amines) is 1. The lowest BCUT2D eigenvalue weighted by Gasteiger charge is -2.22. The molecule has 1 amide bonds. The molecule has 2 atom stereocenters. The van der Waals surface area contributed by atoms with Crippen molar-refractivity contribution < 1.29 is 4.79 Å². The van der Waals surface area contributed by atoms with Crippen LogP contribution in [0.1, 0.15) is 26.2 Å². The molecule has 1 aliphatic heterocycles. The number of carbonyl (C=O) groups is 1. The Labute approximate surface area is 128 Å². The molecule has 0 aromatic rings. The molecule has 6 heteroatoms. The molecule has 1 heterocycles. The van der Waals surface area contributed by atoms with Crippen molar-refractivity contribution in [1.82, 2.24) is 9.80 Å². The van der Waals surface area contributed by atoms with Gasteiger partial charge in [0.15, 0.2) is 0 Å². The summed E-state index contributed by atoms with van der Waals surface area (Å²) in [5.74, 6) is 1.70. The molecule has 1 saturated heterocycles. The quantitative estimate of drug-likeness (QED) is 0.834. The topological polar surface area (TPSA) is 49.6 Å². The Balaban J connectivity index is 0.00000162. The number of carbonyl (C=O) groups excluding carboxylic acids is 1. The summed E-state index contributed by atoms with van der Waals surface area (Å²) in [5.41, 5.74) is 5.63. The van der Waals surface area contributed by atoms with Crippen LogP contribution in [0, 0.1) is 11.8 Å². The normalized spacial score (nSPS) is 23.8. The Morgan fingerprint density at radius 3 is 2.37 bits per heavy atom. The number of hydrogen-bond donors (Lipinski definition) is 1. The molecular formula is C13H27Cl2N3O. The first-order chi connectivity index (χ1) is 8.06. The molecule has 19 heavy (non-hydrogen) atoms. The number of halogens is 2. The van der Waals surface area contributed by atoms with Crippen molar-refractivity contribution in [3.63, 3.8) is 0 Å². The van der Waals surface area contributed by atoms with Crippen molar-refractivity contribution in [2.75, 3.05) is 33.2 Å². The highest BCUT2D eigenvalue weighted by Gasteiger charge is 2.29. The lowest BCUT2D eigenvalue weighted by Crippen LogP contribution is -2.41. The van der Waals surface area contributed by atoms with Gasteiger partial charge in [-0.25, -0.2) is 0 Å². The van der Waals surface area contributed by atoms with E-state index >= 15 is 0 Å². The van der Waals surface area contributed by atoms with Crippen molar-refractivity contribution >= 4 is 30.7 Å². The van der Waals surface area contributed by atoms with Gasteiger partial charge in [0.05, 0.1) is 6.04 Å². The standard InChI is InChI=1S/C13H25N3O.2ClH/c1-10(14)13(17)16-6-5-12(9-16)8-15(2)7-11-3-4-11;;/h10-12H,3-9,14H2,1-2H3;2*1H/t10-,12?;;/m1../s1. The van der Waals surface area contributed by atoms with E-state index in [0.717, 1.165) is 32.0 Å². The average Bonchev–Trinajstić information content (AvgIpc) is 2.94. The molecule has 1 aliphatic carbocycles. The Hall–Kier alpha value is -0.0300. The summed E-state index contributed by atoms with van der Waals surface area (Å²) in [6.45, 7) is 5.92. The fraction of sp³-hybridized carbons (Fsp3) is 0.923. The van der Waals surface area contributed by atoms with Crippen LogP contribution in [0.4, 0.5) is 0 Å². The second-order valence-corrected chi connectivity index (χ2v) is 5.89. The second-order valence-electron chi connectivity index (χ2n) is 5.89. The summed E-state index contributed by atoms with van der Waals surface area (Å²) in [4.78, 5) is 16.1. The van der Waals surface area contributed by atoms with Crippen LogP contribution >= 0.6 is 24.8 Å². The summed E-state index contributed by atoms with van der Waals surface area (Å²) in [6.07, 6.45) is 3.95. The van der Waals surface area contributed by atoms with Gasteiger partial charge in [-0.3, -0.25) is 4.79 Å². The first-order valence-corrected chi connectivity index (χ1v) is 6.79. The number of hydrogen-bond acceptors (Lipinski definition) is 3. The fourth-order valence-corrected chi connectivity index (χ4v) is 2.73. The van der Waals surface area contributed by atoms with Gasteiger partial charge >= 0.3 is 0 Å². The van der Waals surface area contributed by atoms with Crippen LogP contribution in [0.2, 0.25) is 0 Å². The Kier molecular flexibility index (Phi) is 8.29. The molecule has 1 unspecified atom stereocenters. The minimum atomic E-state index is -0.349. The lowest BCUT2D eigenvalue weighted by atomic mass is 10.1. The first kappa shape index (κ1) is 19.0. The summed E-state index contributed by atoms with van der Waals surface area (Å²) in [5, 5.41) is 0. The number of nitrogens with zero attached hydrogens (tertiary/aromatic N) is 2. The molecule has 0 radical (unpaired) electrons. The largest absolute Gasteiger partial charge is 0.341 e. The highest BCUT2D eigenvalue weighted by molar-refractivity contribution is 5.85. The second kappa shape index (κ2) is 8.30. The third-order valence-corrected chi connectivity index (χ3v) is 3.82. The molecule has 2 N–H and O–H groups in total. The number of nitrogens with two attached hydrogens (primary N) is 1. The highest BCUT2D eigenvalue weighted by atomic mass is 35.5. The van der Waals surface area contributed by atoms with E-state index in [1.165, 1.54) is 19.4 Å². The van der Waals surface area contributed by atoms with Crippen molar-refractivity contribution in [2.45, 2.75) is 32.2 Å². The van der Waals surface area contributed by atoms with Crippen LogP contribution in [0.5, 0.6) is 0 Å². The van der Waals surface area contributed by atoms with Crippen molar-refractivity contribution in [1.29, 1.82) is 0 Å². The molecular weight excluding hydrogens is 285 g/mol. The molecule has 0 spiro atoms. The molecule has 1 saturated carbocycles. The number of rotatable bonds is 5. The minimum absolute atomic E-state index is 0. The van der Waals surface area contributed by atoms with Crippen LogP contribution in [-0.2, 0) is 4.79 Å². The van der Waals surface area contributed by atoms with Gasteiger partial charge in [0, 0.05) is 26.2 Å². The van der Waals surface area contributed by atoms with Crippen molar-refractivity contribution in [3.8, 4) is 0 Å². The fourth-order valence-electron chi connectivity index (χ4n) is 2.73. The van der Waals surface area contributed by atoms with Gasteiger partial charge in [-0.05, 0) is 45.1 Å². The van der Waals surface area contributed by atoms with Crippen LogP contribution < -0.4 is 5.73 Å². The van der Waals surface area contributed by atoms with Gasteiger partial charge in [-0.2, -0.15) is 0 Å². The van der Waals surface area contributed by atoms with Gasteiger partial charge in [0.25, 0.3) is 0 Å². The smallest absolute Gasteiger partial charge is 0.239 e. The SMILES string of the molecule is C[C@@H](N)C(=O)N1CCC(CN(C)CC2CC2)C1.Cl.Cl. The van der Waals surface area contributed by atoms with Gasteiger partial charge in [0.2, 0.25) is 5.91 Å². The third kappa shape index (κ3) is 5.86. The monoisotopic (exact) mass is 311 g/mol. The van der Waals surface area contributed by atoms with E-state index < -0.39 is 0 Å². The maximum atomic E-state index is 11.8. The van der Waals surface area contributed by atoms with E-state index in [2.05, 4.69) is 11.9 Å². The summed E-state index contributed by atoms with van der Waals surface area (Å²) >= 11 is 0. The molecule has 2 fully saturated rings. The van der Waals surface area contributed by atoms with Gasteiger partial charge in [-0.15, -0.1) is 24.8 Å². The van der Waals surface area contributed by atoms with Crippen LogP contribution in [0.15, 0.2) is 0 Å². The van der Waals surface area contributed by atoms with Gasteiger partial charge in [-0.1, -0.05) is 0 Å².